The molecule has 0 saturated carbocycles. The van der Waals surface area contributed by atoms with Crippen LogP contribution in [0.4, 0.5) is 13.2 Å². The van der Waals surface area contributed by atoms with Gasteiger partial charge in [-0.3, -0.25) is 0 Å². The summed E-state index contributed by atoms with van der Waals surface area (Å²) in [5, 5.41) is 1.40. The molecular formula is C36H27F3O3. The van der Waals surface area contributed by atoms with E-state index in [0.717, 1.165) is 33.2 Å². The van der Waals surface area contributed by atoms with Crippen LogP contribution in [0.25, 0.3) is 28.0 Å². The van der Waals surface area contributed by atoms with Crippen molar-refractivity contribution in [1.82, 2.24) is 0 Å². The molecule has 0 amide bonds. The molecule has 42 heavy (non-hydrogen) atoms. The van der Waals surface area contributed by atoms with E-state index in [-0.39, 0.29) is 11.6 Å². The van der Waals surface area contributed by atoms with Gasteiger partial charge in [-0.1, -0.05) is 50.3 Å². The van der Waals surface area contributed by atoms with Gasteiger partial charge in [0.15, 0.2) is 17.1 Å². The second-order valence-electron chi connectivity index (χ2n) is 11.2. The van der Waals surface area contributed by atoms with Crippen molar-refractivity contribution in [2.45, 2.75) is 24.9 Å². The van der Waals surface area contributed by atoms with Crippen molar-refractivity contribution < 1.29 is 27.4 Å². The molecule has 1 atom stereocenters. The summed E-state index contributed by atoms with van der Waals surface area (Å²) in [6.45, 7) is 4.13. The van der Waals surface area contributed by atoms with Crippen molar-refractivity contribution in [2.75, 3.05) is 14.2 Å². The first-order valence-corrected chi connectivity index (χ1v) is 13.6. The molecule has 0 spiro atoms. The number of hydrogen-bond acceptors (Lipinski definition) is 3. The number of halogens is 3. The molecule has 2 aliphatic rings. The molecule has 5 aromatic carbocycles. The molecule has 3 nitrogen and oxygen atoms in total. The molecule has 5 aromatic rings. The van der Waals surface area contributed by atoms with E-state index in [9.17, 15) is 13.2 Å². The molecular weight excluding hydrogens is 537 g/mol. The van der Waals surface area contributed by atoms with Crippen LogP contribution in [0.5, 0.6) is 17.2 Å². The Balaban J connectivity index is 1.56. The Bertz CT molecular complexity index is 1940. The standard InChI is InChI=1S/C36H27F3O3/c1-35(2)29-19-24(39)11-13-26(29)32-25-12-10-23(38)18-28(25)34-27(33(32)35)15-16-36(42-34,20-5-8-22(37)9-6-20)21-7-14-30(40-3)31(17-21)41-4/h5-19H,1-4H3. The minimum absolute atomic E-state index is 0.311. The van der Waals surface area contributed by atoms with Crippen LogP contribution in [0.3, 0.4) is 0 Å². The van der Waals surface area contributed by atoms with Gasteiger partial charge in [-0.2, -0.15) is 0 Å². The Morgan fingerprint density at radius 2 is 1.33 bits per heavy atom. The van der Waals surface area contributed by atoms with Gasteiger partial charge < -0.3 is 14.2 Å². The number of fused-ring (bicyclic) bond motifs is 8. The molecule has 6 heteroatoms. The van der Waals surface area contributed by atoms with Gasteiger partial charge in [0.05, 0.1) is 14.2 Å². The average Bonchev–Trinajstić information content (AvgIpc) is 3.23. The number of hydrogen-bond donors (Lipinski definition) is 0. The van der Waals surface area contributed by atoms with Crippen molar-refractivity contribution >= 4 is 16.8 Å². The van der Waals surface area contributed by atoms with Crippen molar-refractivity contribution in [1.29, 1.82) is 0 Å². The molecule has 1 unspecified atom stereocenters. The maximum Gasteiger partial charge on any atom is 0.178 e. The summed E-state index contributed by atoms with van der Waals surface area (Å²) >= 11 is 0. The normalized spacial score (nSPS) is 17.8. The highest BCUT2D eigenvalue weighted by molar-refractivity contribution is 6.08. The zero-order valence-electron chi connectivity index (χ0n) is 23.5. The summed E-state index contributed by atoms with van der Waals surface area (Å²) in [6, 6.07) is 21.1. The Hall–Kier alpha value is -4.71. The number of ether oxygens (including phenoxy) is 3. The van der Waals surface area contributed by atoms with Crippen molar-refractivity contribution in [3.05, 3.63) is 130 Å². The van der Waals surface area contributed by atoms with Gasteiger partial charge in [0.25, 0.3) is 0 Å². The van der Waals surface area contributed by atoms with Crippen LogP contribution in [-0.4, -0.2) is 14.2 Å². The molecule has 0 N–H and O–H groups in total. The molecule has 0 fully saturated rings. The van der Waals surface area contributed by atoms with Crippen molar-refractivity contribution in [2.24, 2.45) is 0 Å². The second kappa shape index (κ2) is 9.15. The SMILES string of the molecule is COc1ccc(C2(c3ccc(F)cc3)C=Cc3c4c(c5ccc(F)cc5c3O2)-c2ccc(F)cc2C4(C)C)cc1OC. The maximum atomic E-state index is 14.9. The fraction of sp³-hybridized carbons (Fsp3) is 0.167. The average molecular weight is 565 g/mol. The Morgan fingerprint density at radius 1 is 0.667 bits per heavy atom. The lowest BCUT2D eigenvalue weighted by Gasteiger charge is -2.38. The predicted molar refractivity (Wildman–Crippen MR) is 158 cm³/mol. The number of rotatable bonds is 4. The number of methoxy groups -OCH3 is 2. The zero-order valence-corrected chi connectivity index (χ0v) is 23.5. The van der Waals surface area contributed by atoms with Gasteiger partial charge in [0, 0.05) is 27.5 Å². The monoisotopic (exact) mass is 564 g/mol. The highest BCUT2D eigenvalue weighted by Gasteiger charge is 2.44. The van der Waals surface area contributed by atoms with E-state index in [0.29, 0.717) is 33.8 Å². The number of benzene rings is 5. The highest BCUT2D eigenvalue weighted by atomic mass is 19.1. The molecule has 1 heterocycles. The fourth-order valence-electron chi connectivity index (χ4n) is 6.67. The summed E-state index contributed by atoms with van der Waals surface area (Å²) in [6.07, 6.45) is 3.93. The molecule has 0 saturated heterocycles. The highest BCUT2D eigenvalue weighted by Crippen LogP contribution is 2.58. The van der Waals surface area contributed by atoms with Gasteiger partial charge in [-0.15, -0.1) is 0 Å². The van der Waals surface area contributed by atoms with E-state index < -0.39 is 16.8 Å². The van der Waals surface area contributed by atoms with Crippen LogP contribution in [0, 0.1) is 17.5 Å². The van der Waals surface area contributed by atoms with E-state index in [4.69, 9.17) is 14.2 Å². The first kappa shape index (κ1) is 26.2. The summed E-state index contributed by atoms with van der Waals surface area (Å²) < 4.78 is 61.7. The van der Waals surface area contributed by atoms with Gasteiger partial charge >= 0.3 is 0 Å². The smallest absolute Gasteiger partial charge is 0.178 e. The molecule has 1 aliphatic heterocycles. The maximum absolute atomic E-state index is 14.9. The van der Waals surface area contributed by atoms with E-state index in [1.54, 1.807) is 50.6 Å². The first-order valence-electron chi connectivity index (χ1n) is 13.6. The summed E-state index contributed by atoms with van der Waals surface area (Å²) in [5.74, 6) is 0.451. The molecule has 7 rings (SSSR count). The van der Waals surface area contributed by atoms with E-state index in [1.807, 2.05) is 24.3 Å². The zero-order chi connectivity index (χ0) is 29.4. The van der Waals surface area contributed by atoms with Crippen LogP contribution >= 0.6 is 0 Å². The Kier molecular flexibility index (Phi) is 5.71. The van der Waals surface area contributed by atoms with Crippen molar-refractivity contribution in [3.8, 4) is 28.4 Å². The van der Waals surface area contributed by atoms with Crippen LogP contribution in [0.15, 0.2) is 84.9 Å². The lowest BCUT2D eigenvalue weighted by Crippen LogP contribution is -2.35. The Morgan fingerprint density at radius 3 is 2.07 bits per heavy atom. The van der Waals surface area contributed by atoms with Crippen LogP contribution in [-0.2, 0) is 11.0 Å². The molecule has 0 aromatic heterocycles. The molecule has 0 bridgehead atoms. The Labute approximate surface area is 241 Å². The lowest BCUT2D eigenvalue weighted by molar-refractivity contribution is 0.162. The molecule has 210 valence electrons. The quantitative estimate of drug-likeness (QED) is 0.218. The lowest BCUT2D eigenvalue weighted by atomic mass is 9.76. The summed E-state index contributed by atoms with van der Waals surface area (Å²) in [4.78, 5) is 0. The third kappa shape index (κ3) is 3.60. The first-order chi connectivity index (χ1) is 20.2. The van der Waals surface area contributed by atoms with Gasteiger partial charge in [-0.25, -0.2) is 13.2 Å². The van der Waals surface area contributed by atoms with Crippen molar-refractivity contribution in [3.63, 3.8) is 0 Å². The van der Waals surface area contributed by atoms with Crippen LogP contribution in [0.2, 0.25) is 0 Å². The fourth-order valence-corrected chi connectivity index (χ4v) is 6.67. The van der Waals surface area contributed by atoms with E-state index >= 15 is 0 Å². The van der Waals surface area contributed by atoms with E-state index in [2.05, 4.69) is 13.8 Å². The van der Waals surface area contributed by atoms with Gasteiger partial charge in [-0.05, 0) is 82.2 Å². The minimum atomic E-state index is -1.21. The van der Waals surface area contributed by atoms with E-state index in [1.165, 1.54) is 30.3 Å². The van der Waals surface area contributed by atoms with Crippen LogP contribution < -0.4 is 14.2 Å². The molecule has 1 aliphatic carbocycles. The largest absolute Gasteiger partial charge is 0.493 e. The van der Waals surface area contributed by atoms with Gasteiger partial charge in [0.1, 0.15) is 23.2 Å². The minimum Gasteiger partial charge on any atom is -0.493 e. The predicted octanol–water partition coefficient (Wildman–Crippen LogP) is 8.93. The second-order valence-corrected chi connectivity index (χ2v) is 11.2. The molecule has 0 radical (unpaired) electrons. The van der Waals surface area contributed by atoms with Gasteiger partial charge in [0.2, 0.25) is 0 Å². The third-order valence-corrected chi connectivity index (χ3v) is 8.64. The third-order valence-electron chi connectivity index (χ3n) is 8.64. The summed E-state index contributed by atoms with van der Waals surface area (Å²) in [5.41, 5.74) is 4.10. The van der Waals surface area contributed by atoms with Crippen LogP contribution in [0.1, 0.15) is 41.7 Å². The topological polar surface area (TPSA) is 27.7 Å². The summed E-state index contributed by atoms with van der Waals surface area (Å²) in [7, 11) is 3.12.